The van der Waals surface area contributed by atoms with Crippen molar-refractivity contribution in [2.45, 2.75) is 60.8 Å². The molecule has 1 unspecified atom stereocenters. The van der Waals surface area contributed by atoms with Crippen LogP contribution < -0.4 is 9.80 Å². The van der Waals surface area contributed by atoms with Gasteiger partial charge >= 0.3 is 0 Å². The lowest BCUT2D eigenvalue weighted by Crippen LogP contribution is -2.23. The molecule has 2 nitrogen and oxygen atoms in total. The van der Waals surface area contributed by atoms with E-state index in [1.807, 2.05) is 24.8 Å². The van der Waals surface area contributed by atoms with Crippen LogP contribution in [0.3, 0.4) is 0 Å². The number of anilines is 3. The van der Waals surface area contributed by atoms with Gasteiger partial charge in [0.25, 0.3) is 0 Å². The van der Waals surface area contributed by atoms with Gasteiger partial charge in [-0.1, -0.05) is 118 Å². The van der Waals surface area contributed by atoms with Crippen molar-refractivity contribution in [3.63, 3.8) is 0 Å². The van der Waals surface area contributed by atoms with Crippen LogP contribution in [0, 0.1) is 12.8 Å². The van der Waals surface area contributed by atoms with Crippen molar-refractivity contribution in [1.82, 2.24) is 0 Å². The summed E-state index contributed by atoms with van der Waals surface area (Å²) in [6.07, 6.45) is 33.8. The number of hydrogen-bond donors (Lipinski definition) is 0. The highest BCUT2D eigenvalue weighted by Gasteiger charge is 2.18. The van der Waals surface area contributed by atoms with Crippen LogP contribution >= 0.6 is 11.8 Å². The summed E-state index contributed by atoms with van der Waals surface area (Å²) in [5, 5.41) is 0. The first kappa shape index (κ1) is 40.0. The third kappa shape index (κ3) is 10.9. The van der Waals surface area contributed by atoms with Crippen LogP contribution in [0.15, 0.2) is 157 Å². The lowest BCUT2D eigenvalue weighted by Gasteiger charge is -2.28. The van der Waals surface area contributed by atoms with E-state index >= 15 is 0 Å². The Morgan fingerprint density at radius 3 is 2.33 bits per heavy atom. The highest BCUT2D eigenvalue weighted by molar-refractivity contribution is 7.98. The Bertz CT molecular complexity index is 1860. The summed E-state index contributed by atoms with van der Waals surface area (Å²) in [5.74, 6) is 1.40. The Labute approximate surface area is 319 Å². The maximum absolute atomic E-state index is 3.93. The Balaban J connectivity index is 1.73. The molecule has 4 rings (SSSR count). The number of allylic oxidation sites excluding steroid dienone is 12. The number of aryl methyl sites for hydroxylation is 1. The fourth-order valence-electron chi connectivity index (χ4n) is 6.45. The molecule has 0 aliphatic carbocycles. The lowest BCUT2D eigenvalue weighted by atomic mass is 9.95. The molecule has 1 atom stereocenters. The number of benzene rings is 3. The Morgan fingerprint density at radius 2 is 1.65 bits per heavy atom. The van der Waals surface area contributed by atoms with Crippen LogP contribution in [0.4, 0.5) is 17.1 Å². The maximum atomic E-state index is 3.93. The van der Waals surface area contributed by atoms with Gasteiger partial charge in [0, 0.05) is 40.8 Å². The summed E-state index contributed by atoms with van der Waals surface area (Å²) in [6.45, 7) is 18.0. The third-order valence-corrected chi connectivity index (χ3v) is 10.1. The zero-order chi connectivity index (χ0) is 37.3. The Hall–Kier alpha value is -4.73. The first-order valence-corrected chi connectivity index (χ1v) is 20.1. The van der Waals surface area contributed by atoms with Crippen molar-refractivity contribution in [3.8, 4) is 0 Å². The molecule has 1 aliphatic heterocycles. The SMILES string of the molecule is C=C/C=C(\C=C/C)c1ccc(N(/C(=C/C=C/c2ccc(N3C/C=C\CCC(C)/C(C)=C3/C=C\C)cc2)CSC)c2ccc(C)c(/C=C\CC)c2)cc1. The van der Waals surface area contributed by atoms with Crippen LogP contribution in [0.5, 0.6) is 0 Å². The molecule has 0 spiro atoms. The molecule has 3 heteroatoms. The van der Waals surface area contributed by atoms with E-state index in [2.05, 4.69) is 197 Å². The van der Waals surface area contributed by atoms with Crippen molar-refractivity contribution < 1.29 is 0 Å². The number of rotatable bonds is 14. The van der Waals surface area contributed by atoms with Gasteiger partial charge in [-0.15, -0.1) is 0 Å². The highest BCUT2D eigenvalue weighted by atomic mass is 32.2. The van der Waals surface area contributed by atoms with Crippen LogP contribution in [-0.2, 0) is 0 Å². The molecule has 0 saturated heterocycles. The first-order valence-electron chi connectivity index (χ1n) is 18.7. The second-order valence-electron chi connectivity index (χ2n) is 13.3. The number of thioether (sulfide) groups is 1. The summed E-state index contributed by atoms with van der Waals surface area (Å²) in [4.78, 5) is 4.85. The standard InChI is InChI=1S/C49H58N2S/c1-9-13-23-44-36-47(30-25-39(44)6)51(46-33-28-43(29-34-46)42(18-10-2)19-11-3)48(37-52-8)24-17-22-41-26-31-45(32-27-41)50-35-16-14-15-21-38(5)40(7)49(50)20-12-4/h10-14,16-20,22-34,36,38H,2,9,15,21,35,37H2,1,3-8H3/b16-14-,19-11-,20-12-,22-17+,23-13-,42-18+,48-24+,49-40-. The average molecular weight is 707 g/mol. The zero-order valence-electron chi connectivity index (χ0n) is 32.5. The lowest BCUT2D eigenvalue weighted by molar-refractivity contribution is 0.617. The molecule has 0 radical (unpaired) electrons. The number of hydrogen-bond acceptors (Lipinski definition) is 3. The molecular weight excluding hydrogens is 649 g/mol. The smallest absolute Gasteiger partial charge is 0.0464 e. The molecule has 1 aliphatic rings. The van der Waals surface area contributed by atoms with E-state index in [0.717, 1.165) is 47.7 Å². The molecule has 0 aromatic heterocycles. The van der Waals surface area contributed by atoms with Crippen molar-refractivity contribution in [1.29, 1.82) is 0 Å². The molecule has 0 fully saturated rings. The summed E-state index contributed by atoms with van der Waals surface area (Å²) < 4.78 is 0. The molecule has 3 aromatic rings. The van der Waals surface area contributed by atoms with Crippen LogP contribution in [0.2, 0.25) is 0 Å². The normalized spacial score (nSPS) is 18.4. The monoisotopic (exact) mass is 706 g/mol. The Kier molecular flexibility index (Phi) is 16.1. The van der Waals surface area contributed by atoms with E-state index in [4.69, 9.17) is 0 Å². The van der Waals surface area contributed by atoms with E-state index in [1.54, 1.807) is 0 Å². The average Bonchev–Trinajstić information content (AvgIpc) is 3.22. The second kappa shape index (κ2) is 21.0. The van der Waals surface area contributed by atoms with Gasteiger partial charge in [-0.3, -0.25) is 0 Å². The van der Waals surface area contributed by atoms with E-state index in [9.17, 15) is 0 Å². The summed E-state index contributed by atoms with van der Waals surface area (Å²) in [5.41, 5.74) is 13.5. The van der Waals surface area contributed by atoms with E-state index in [1.165, 1.54) is 45.8 Å². The molecule has 0 saturated carbocycles. The molecular formula is C49H58N2S. The fraction of sp³-hybridized carbons (Fsp3) is 0.265. The summed E-state index contributed by atoms with van der Waals surface area (Å²) >= 11 is 1.83. The van der Waals surface area contributed by atoms with Gasteiger partial charge < -0.3 is 9.80 Å². The van der Waals surface area contributed by atoms with Crippen LogP contribution in [0.25, 0.3) is 17.7 Å². The van der Waals surface area contributed by atoms with Crippen molar-refractivity contribution in [2.75, 3.05) is 28.4 Å². The molecule has 52 heavy (non-hydrogen) atoms. The van der Waals surface area contributed by atoms with Crippen molar-refractivity contribution in [2.24, 2.45) is 5.92 Å². The third-order valence-electron chi connectivity index (χ3n) is 9.50. The van der Waals surface area contributed by atoms with Crippen molar-refractivity contribution in [3.05, 3.63) is 179 Å². The maximum Gasteiger partial charge on any atom is 0.0464 e. The molecule has 3 aromatic carbocycles. The van der Waals surface area contributed by atoms with Gasteiger partial charge in [-0.05, 0) is 141 Å². The number of nitrogens with zero attached hydrogens (tertiary/aromatic N) is 2. The zero-order valence-corrected chi connectivity index (χ0v) is 33.3. The fourth-order valence-corrected chi connectivity index (χ4v) is 6.97. The van der Waals surface area contributed by atoms with Gasteiger partial charge in [0.15, 0.2) is 0 Å². The van der Waals surface area contributed by atoms with Gasteiger partial charge in [-0.25, -0.2) is 0 Å². The molecule has 270 valence electrons. The van der Waals surface area contributed by atoms with Gasteiger partial charge in [0.1, 0.15) is 0 Å². The molecule has 0 bridgehead atoms. The highest BCUT2D eigenvalue weighted by Crippen LogP contribution is 2.35. The topological polar surface area (TPSA) is 6.48 Å². The molecule has 0 N–H and O–H groups in total. The van der Waals surface area contributed by atoms with Gasteiger partial charge in [-0.2, -0.15) is 11.8 Å². The van der Waals surface area contributed by atoms with E-state index in [-0.39, 0.29) is 0 Å². The van der Waals surface area contributed by atoms with Crippen LogP contribution in [-0.4, -0.2) is 18.6 Å². The van der Waals surface area contributed by atoms with Gasteiger partial charge in [0.2, 0.25) is 0 Å². The Morgan fingerprint density at radius 1 is 0.904 bits per heavy atom. The molecule has 0 amide bonds. The first-order chi connectivity index (χ1) is 25.3. The van der Waals surface area contributed by atoms with E-state index < -0.39 is 0 Å². The minimum atomic E-state index is 0.544. The van der Waals surface area contributed by atoms with Crippen LogP contribution in [0.1, 0.15) is 76.1 Å². The largest absolute Gasteiger partial charge is 0.338 e. The predicted molar refractivity (Wildman–Crippen MR) is 236 cm³/mol. The van der Waals surface area contributed by atoms with E-state index in [0.29, 0.717) is 5.92 Å². The van der Waals surface area contributed by atoms with Crippen molar-refractivity contribution >= 4 is 46.5 Å². The quantitative estimate of drug-likeness (QED) is 0.122. The molecule has 1 heterocycles. The summed E-state index contributed by atoms with van der Waals surface area (Å²) in [6, 6.07) is 24.7. The second-order valence-corrected chi connectivity index (χ2v) is 14.1. The minimum absolute atomic E-state index is 0.544. The minimum Gasteiger partial charge on any atom is -0.338 e. The predicted octanol–water partition coefficient (Wildman–Crippen LogP) is 14.3. The summed E-state index contributed by atoms with van der Waals surface area (Å²) in [7, 11) is 0. The van der Waals surface area contributed by atoms with Gasteiger partial charge in [0.05, 0.1) is 0 Å².